The summed E-state index contributed by atoms with van der Waals surface area (Å²) in [6.07, 6.45) is 3.04. The van der Waals surface area contributed by atoms with Crippen molar-refractivity contribution in [1.82, 2.24) is 14.6 Å². The zero-order valence-corrected chi connectivity index (χ0v) is 11.6. The molecule has 0 bridgehead atoms. The third-order valence-corrected chi connectivity index (χ3v) is 3.63. The first-order chi connectivity index (χ1) is 9.78. The van der Waals surface area contributed by atoms with Gasteiger partial charge in [0.1, 0.15) is 16.6 Å². The first-order valence-corrected chi connectivity index (χ1v) is 6.91. The molecule has 3 rings (SSSR count). The third-order valence-electron chi connectivity index (χ3n) is 2.66. The summed E-state index contributed by atoms with van der Waals surface area (Å²) in [7, 11) is 0. The highest BCUT2D eigenvalue weighted by Gasteiger charge is 2.04. The molecule has 102 valence electrons. The van der Waals surface area contributed by atoms with Crippen molar-refractivity contribution in [2.24, 2.45) is 0 Å². The molecule has 7 heteroatoms. The van der Waals surface area contributed by atoms with Crippen molar-refractivity contribution < 1.29 is 4.74 Å². The molecular formula is C13H12N4O2S. The standard InChI is InChI=1S/C13H12N4O2S/c1-2-19-10-5-3-9(4-6-10)14-7-11-12(18)17-13(20-11)15-8-16-17/h3-8,14H,2H2,1H3/b11-7-. The summed E-state index contributed by atoms with van der Waals surface area (Å²) in [6, 6.07) is 7.53. The van der Waals surface area contributed by atoms with Crippen LogP contribution in [0.1, 0.15) is 6.92 Å². The number of aromatic nitrogens is 3. The topological polar surface area (TPSA) is 68.5 Å². The van der Waals surface area contributed by atoms with Crippen LogP contribution < -0.4 is 20.1 Å². The molecular weight excluding hydrogens is 276 g/mol. The summed E-state index contributed by atoms with van der Waals surface area (Å²) < 4.78 is 7.22. The number of ether oxygens (including phenoxy) is 1. The summed E-state index contributed by atoms with van der Waals surface area (Å²) in [5, 5.41) is 6.95. The summed E-state index contributed by atoms with van der Waals surface area (Å²) in [5.74, 6) is 0.821. The van der Waals surface area contributed by atoms with E-state index in [9.17, 15) is 4.79 Å². The molecule has 0 spiro atoms. The highest BCUT2D eigenvalue weighted by atomic mass is 32.1. The SMILES string of the molecule is CCOc1ccc(N/C=c2\sc3ncnn3c2=O)cc1. The number of nitrogens with one attached hydrogen (secondary N) is 1. The van der Waals surface area contributed by atoms with Gasteiger partial charge in [-0.2, -0.15) is 9.61 Å². The molecule has 0 atom stereocenters. The van der Waals surface area contributed by atoms with Gasteiger partial charge in [0.25, 0.3) is 5.56 Å². The lowest BCUT2D eigenvalue weighted by atomic mass is 10.3. The van der Waals surface area contributed by atoms with E-state index < -0.39 is 0 Å². The Bertz CT molecular complexity index is 822. The fraction of sp³-hybridized carbons (Fsp3) is 0.154. The molecule has 0 aliphatic heterocycles. The van der Waals surface area contributed by atoms with Crippen molar-refractivity contribution in [2.75, 3.05) is 11.9 Å². The minimum absolute atomic E-state index is 0.166. The molecule has 0 aliphatic carbocycles. The van der Waals surface area contributed by atoms with Crippen LogP contribution in [-0.2, 0) is 0 Å². The van der Waals surface area contributed by atoms with Gasteiger partial charge in [0.2, 0.25) is 4.96 Å². The Hall–Kier alpha value is -2.41. The molecule has 0 saturated carbocycles. The molecule has 0 unspecified atom stereocenters. The van der Waals surface area contributed by atoms with Crippen molar-refractivity contribution in [3.8, 4) is 5.75 Å². The van der Waals surface area contributed by atoms with Crippen LogP contribution in [0, 0.1) is 0 Å². The van der Waals surface area contributed by atoms with Crippen LogP contribution in [0.5, 0.6) is 5.75 Å². The van der Waals surface area contributed by atoms with Crippen LogP contribution in [0.15, 0.2) is 35.4 Å². The second-order valence-electron chi connectivity index (χ2n) is 3.97. The third kappa shape index (κ3) is 2.35. The van der Waals surface area contributed by atoms with Gasteiger partial charge in [0, 0.05) is 11.9 Å². The van der Waals surface area contributed by atoms with E-state index in [1.807, 2.05) is 31.2 Å². The van der Waals surface area contributed by atoms with Crippen molar-refractivity contribution in [1.29, 1.82) is 0 Å². The van der Waals surface area contributed by atoms with Crippen LogP contribution in [0.4, 0.5) is 5.69 Å². The Morgan fingerprint density at radius 2 is 2.20 bits per heavy atom. The molecule has 6 nitrogen and oxygen atoms in total. The van der Waals surface area contributed by atoms with Gasteiger partial charge in [-0.05, 0) is 31.2 Å². The smallest absolute Gasteiger partial charge is 0.292 e. The predicted octanol–water partition coefficient (Wildman–Crippen LogP) is 1.12. The van der Waals surface area contributed by atoms with Gasteiger partial charge in [-0.15, -0.1) is 0 Å². The van der Waals surface area contributed by atoms with E-state index >= 15 is 0 Å². The monoisotopic (exact) mass is 288 g/mol. The van der Waals surface area contributed by atoms with Gasteiger partial charge in [-0.3, -0.25) is 4.79 Å². The van der Waals surface area contributed by atoms with E-state index in [0.717, 1.165) is 11.4 Å². The van der Waals surface area contributed by atoms with Crippen LogP contribution in [-0.4, -0.2) is 21.2 Å². The zero-order chi connectivity index (χ0) is 13.9. The highest BCUT2D eigenvalue weighted by molar-refractivity contribution is 7.15. The number of benzene rings is 1. The second-order valence-corrected chi connectivity index (χ2v) is 4.98. The maximum Gasteiger partial charge on any atom is 0.292 e. The largest absolute Gasteiger partial charge is 0.494 e. The fourth-order valence-electron chi connectivity index (χ4n) is 1.74. The lowest BCUT2D eigenvalue weighted by Gasteiger charge is -2.04. The van der Waals surface area contributed by atoms with E-state index in [4.69, 9.17) is 4.74 Å². The number of thiazole rings is 1. The number of nitrogens with zero attached hydrogens (tertiary/aromatic N) is 3. The van der Waals surface area contributed by atoms with Crippen molar-refractivity contribution in [3.05, 3.63) is 45.5 Å². The van der Waals surface area contributed by atoms with Crippen LogP contribution in [0.25, 0.3) is 11.2 Å². The molecule has 0 saturated heterocycles. The Labute approximate surface area is 118 Å². The normalized spacial score (nSPS) is 11.9. The van der Waals surface area contributed by atoms with Gasteiger partial charge in [-0.25, -0.2) is 4.98 Å². The summed E-state index contributed by atoms with van der Waals surface area (Å²) in [5.41, 5.74) is 0.716. The zero-order valence-electron chi connectivity index (χ0n) is 10.7. The van der Waals surface area contributed by atoms with Crippen molar-refractivity contribution in [2.45, 2.75) is 6.92 Å². The molecule has 2 heterocycles. The minimum atomic E-state index is -0.166. The summed E-state index contributed by atoms with van der Waals surface area (Å²) in [6.45, 7) is 2.58. The molecule has 0 radical (unpaired) electrons. The van der Waals surface area contributed by atoms with Crippen molar-refractivity contribution >= 4 is 28.2 Å². The lowest BCUT2D eigenvalue weighted by molar-refractivity contribution is 0.340. The number of rotatable bonds is 4. The number of hydrogen-bond acceptors (Lipinski definition) is 6. The van der Waals surface area contributed by atoms with Crippen LogP contribution >= 0.6 is 11.3 Å². The van der Waals surface area contributed by atoms with Crippen molar-refractivity contribution in [3.63, 3.8) is 0 Å². The molecule has 1 aromatic carbocycles. The average Bonchev–Trinajstić information content (AvgIpc) is 3.02. The predicted molar refractivity (Wildman–Crippen MR) is 78.1 cm³/mol. The van der Waals surface area contributed by atoms with Crippen LogP contribution in [0.2, 0.25) is 0 Å². The maximum absolute atomic E-state index is 11.9. The number of anilines is 1. The van der Waals surface area contributed by atoms with E-state index in [0.29, 0.717) is 16.1 Å². The Morgan fingerprint density at radius 3 is 2.90 bits per heavy atom. The van der Waals surface area contributed by atoms with Gasteiger partial charge in [0.05, 0.1) is 6.61 Å². The highest BCUT2D eigenvalue weighted by Crippen LogP contribution is 2.15. The van der Waals surface area contributed by atoms with E-state index in [1.54, 1.807) is 6.20 Å². The van der Waals surface area contributed by atoms with E-state index in [2.05, 4.69) is 15.4 Å². The lowest BCUT2D eigenvalue weighted by Crippen LogP contribution is -2.24. The molecule has 3 aromatic rings. The fourth-order valence-corrected chi connectivity index (χ4v) is 2.55. The van der Waals surface area contributed by atoms with Gasteiger partial charge in [0.15, 0.2) is 0 Å². The molecule has 0 fully saturated rings. The Kier molecular flexibility index (Phi) is 3.34. The number of fused-ring (bicyclic) bond motifs is 1. The summed E-state index contributed by atoms with van der Waals surface area (Å²) >= 11 is 1.30. The van der Waals surface area contributed by atoms with Gasteiger partial charge >= 0.3 is 0 Å². The minimum Gasteiger partial charge on any atom is -0.494 e. The maximum atomic E-state index is 11.9. The Morgan fingerprint density at radius 1 is 1.40 bits per heavy atom. The quantitative estimate of drug-likeness (QED) is 0.779. The molecule has 0 aliphatic rings. The second kappa shape index (κ2) is 5.30. The van der Waals surface area contributed by atoms with Gasteiger partial charge < -0.3 is 10.1 Å². The summed E-state index contributed by atoms with van der Waals surface area (Å²) in [4.78, 5) is 16.5. The average molecular weight is 288 g/mol. The van der Waals surface area contributed by atoms with E-state index in [-0.39, 0.29) is 5.56 Å². The molecule has 2 aromatic heterocycles. The molecule has 20 heavy (non-hydrogen) atoms. The number of hydrogen-bond donors (Lipinski definition) is 1. The first kappa shape index (κ1) is 12.6. The van der Waals surface area contributed by atoms with E-state index in [1.165, 1.54) is 22.2 Å². The molecule has 1 N–H and O–H groups in total. The Balaban J connectivity index is 1.84. The van der Waals surface area contributed by atoms with Crippen LogP contribution in [0.3, 0.4) is 0 Å². The van der Waals surface area contributed by atoms with Gasteiger partial charge in [-0.1, -0.05) is 11.3 Å². The first-order valence-electron chi connectivity index (χ1n) is 6.10. The molecule has 0 amide bonds.